The molecule has 0 unspecified atom stereocenters. The molecule has 2 atom stereocenters. The van der Waals surface area contributed by atoms with Crippen LogP contribution in [-0.4, -0.2) is 31.1 Å². The molecule has 0 aliphatic rings. The Kier molecular flexibility index (Phi) is 17.3. The first-order chi connectivity index (χ1) is 13.9. The molecule has 0 aromatic rings. The summed E-state index contributed by atoms with van der Waals surface area (Å²) >= 11 is -3.82. The first-order valence-electron chi connectivity index (χ1n) is 12.4. The average molecular weight is 519 g/mol. The van der Waals surface area contributed by atoms with Gasteiger partial charge in [-0.15, -0.1) is 0 Å². The van der Waals surface area contributed by atoms with Crippen LogP contribution in [0.1, 0.15) is 119 Å². The Labute approximate surface area is 185 Å². The fourth-order valence-corrected chi connectivity index (χ4v) is 13.8. The van der Waals surface area contributed by atoms with Gasteiger partial charge in [0.25, 0.3) is 0 Å². The molecule has 0 aliphatic heterocycles. The van der Waals surface area contributed by atoms with E-state index in [-0.39, 0.29) is 23.8 Å². The number of carbonyl (C=O) groups is 2. The van der Waals surface area contributed by atoms with Crippen molar-refractivity contribution in [3.8, 4) is 0 Å². The van der Waals surface area contributed by atoms with Crippen molar-refractivity contribution < 1.29 is 15.7 Å². The van der Waals surface area contributed by atoms with E-state index in [2.05, 4.69) is 41.5 Å². The summed E-state index contributed by atoms with van der Waals surface area (Å²) in [4.78, 5) is 26.1. The third-order valence-electron chi connectivity index (χ3n) is 5.86. The van der Waals surface area contributed by atoms with Gasteiger partial charge in [-0.25, -0.2) is 0 Å². The molecule has 0 saturated heterocycles. The third kappa shape index (κ3) is 11.6. The van der Waals surface area contributed by atoms with Gasteiger partial charge in [0.15, 0.2) is 0 Å². The molecule has 0 amide bonds. The summed E-state index contributed by atoms with van der Waals surface area (Å²) in [6.45, 7) is 12.7. The van der Waals surface area contributed by atoms with E-state index in [9.17, 15) is 9.59 Å². The van der Waals surface area contributed by atoms with Gasteiger partial charge in [-0.3, -0.25) is 0 Å². The van der Waals surface area contributed by atoms with Gasteiger partial charge in [0.1, 0.15) is 0 Å². The molecule has 0 heterocycles. The predicted molar refractivity (Wildman–Crippen MR) is 124 cm³/mol. The summed E-state index contributed by atoms with van der Waals surface area (Å²) < 4.78 is 14.2. The van der Waals surface area contributed by atoms with Crippen molar-refractivity contribution in [2.45, 2.75) is 127 Å². The van der Waals surface area contributed by atoms with E-state index in [0.29, 0.717) is 0 Å². The zero-order chi connectivity index (χ0) is 22.1. The SMILES string of the molecule is CCCC[C@@H](CC)C(=O)[O][Sn]([CH2]CCC)([CH2]CCC)[O]C(=O)[C@H](CC)CCCC. The van der Waals surface area contributed by atoms with E-state index >= 15 is 0 Å². The zero-order valence-corrected chi connectivity index (χ0v) is 23.0. The van der Waals surface area contributed by atoms with Crippen molar-refractivity contribution in [2.75, 3.05) is 0 Å². The van der Waals surface area contributed by atoms with Crippen LogP contribution < -0.4 is 0 Å². The number of carbonyl (C=O) groups excluding carboxylic acids is 2. The van der Waals surface area contributed by atoms with E-state index in [1.54, 1.807) is 0 Å². The Morgan fingerprint density at radius 3 is 1.24 bits per heavy atom. The minimum atomic E-state index is -3.82. The molecule has 0 spiro atoms. The second-order valence-electron chi connectivity index (χ2n) is 8.45. The number of hydrogen-bond donors (Lipinski definition) is 0. The van der Waals surface area contributed by atoms with Crippen molar-refractivity contribution in [3.05, 3.63) is 0 Å². The maximum atomic E-state index is 13.1. The van der Waals surface area contributed by atoms with E-state index < -0.39 is 19.2 Å². The van der Waals surface area contributed by atoms with Crippen LogP contribution in [0.15, 0.2) is 0 Å². The van der Waals surface area contributed by atoms with Crippen molar-refractivity contribution >= 4 is 31.1 Å². The number of unbranched alkanes of at least 4 members (excludes halogenated alkanes) is 4. The van der Waals surface area contributed by atoms with Crippen molar-refractivity contribution in [3.63, 3.8) is 0 Å². The molecule has 0 fully saturated rings. The standard InChI is InChI=1S/2C8H16O2.2C4H9.Sn/c2*1-3-5-6-7(4-2)8(9)10;2*1-3-4-2;/h2*7H,3-6H2,1-2H3,(H,9,10);2*1,3-4H2,2H3;/q;;;;+2/p-2/t2*7-;;;/m11.../s1. The Balaban J connectivity index is 5.53. The molecule has 29 heavy (non-hydrogen) atoms. The molecule has 4 nitrogen and oxygen atoms in total. The molecule has 0 radical (unpaired) electrons. The van der Waals surface area contributed by atoms with Gasteiger partial charge in [-0.2, -0.15) is 0 Å². The van der Waals surface area contributed by atoms with Gasteiger partial charge < -0.3 is 0 Å². The van der Waals surface area contributed by atoms with Crippen LogP contribution in [0, 0.1) is 11.8 Å². The van der Waals surface area contributed by atoms with Crippen LogP contribution in [-0.2, 0) is 15.7 Å². The van der Waals surface area contributed by atoms with E-state index in [0.717, 1.165) is 85.9 Å². The molecule has 0 bridgehead atoms. The quantitative estimate of drug-likeness (QED) is 0.176. The van der Waals surface area contributed by atoms with Gasteiger partial charge in [-0.1, -0.05) is 0 Å². The third-order valence-corrected chi connectivity index (χ3v) is 15.5. The molecule has 5 heteroatoms. The first-order valence-corrected chi connectivity index (χ1v) is 18.8. The monoisotopic (exact) mass is 520 g/mol. The molecular weight excluding hydrogens is 471 g/mol. The molecule has 0 aliphatic carbocycles. The first kappa shape index (κ1) is 28.7. The number of rotatable bonds is 18. The van der Waals surface area contributed by atoms with Crippen LogP contribution in [0.5, 0.6) is 0 Å². The van der Waals surface area contributed by atoms with Gasteiger partial charge >= 0.3 is 186 Å². The van der Waals surface area contributed by atoms with E-state index in [1.807, 2.05) is 0 Å². The van der Waals surface area contributed by atoms with E-state index in [4.69, 9.17) is 6.15 Å². The predicted octanol–water partition coefficient (Wildman–Crippen LogP) is 7.55. The van der Waals surface area contributed by atoms with Gasteiger partial charge in [0.05, 0.1) is 0 Å². The van der Waals surface area contributed by atoms with Crippen LogP contribution in [0.3, 0.4) is 0 Å². The average Bonchev–Trinajstić information content (AvgIpc) is 2.71. The molecule has 0 aromatic carbocycles. The maximum absolute atomic E-state index is 13.1. The van der Waals surface area contributed by atoms with Crippen LogP contribution >= 0.6 is 0 Å². The normalized spacial score (nSPS) is 13.7. The van der Waals surface area contributed by atoms with E-state index in [1.165, 1.54) is 0 Å². The van der Waals surface area contributed by atoms with Crippen LogP contribution in [0.4, 0.5) is 0 Å². The molecule has 0 aromatic heterocycles. The Morgan fingerprint density at radius 1 is 0.621 bits per heavy atom. The number of hydrogen-bond acceptors (Lipinski definition) is 4. The second-order valence-corrected chi connectivity index (χ2v) is 17.7. The fourth-order valence-electron chi connectivity index (χ4n) is 3.65. The topological polar surface area (TPSA) is 52.6 Å². The molecule has 0 rings (SSSR count). The molecule has 172 valence electrons. The van der Waals surface area contributed by atoms with Crippen molar-refractivity contribution in [2.24, 2.45) is 11.8 Å². The Morgan fingerprint density at radius 2 is 0.966 bits per heavy atom. The van der Waals surface area contributed by atoms with Crippen molar-refractivity contribution in [1.29, 1.82) is 0 Å². The Bertz CT molecular complexity index is 399. The summed E-state index contributed by atoms with van der Waals surface area (Å²) in [6.07, 6.45) is 11.6. The van der Waals surface area contributed by atoms with Crippen LogP contribution in [0.2, 0.25) is 8.87 Å². The van der Waals surface area contributed by atoms with Gasteiger partial charge in [-0.05, 0) is 0 Å². The Hall–Kier alpha value is -0.261. The summed E-state index contributed by atoms with van der Waals surface area (Å²) in [6, 6.07) is 0. The van der Waals surface area contributed by atoms with Crippen molar-refractivity contribution in [1.82, 2.24) is 0 Å². The second kappa shape index (κ2) is 17.4. The molecular formula is C24H48O4Sn. The van der Waals surface area contributed by atoms with Crippen LogP contribution in [0.25, 0.3) is 0 Å². The summed E-state index contributed by atoms with van der Waals surface area (Å²) in [5, 5.41) is 0. The zero-order valence-electron chi connectivity index (χ0n) is 20.2. The fraction of sp³-hybridized carbons (Fsp3) is 0.917. The minimum absolute atomic E-state index is 0.0601. The molecule has 0 saturated carbocycles. The van der Waals surface area contributed by atoms with Gasteiger partial charge in [0, 0.05) is 0 Å². The summed E-state index contributed by atoms with van der Waals surface area (Å²) in [5.74, 6) is -0.318. The summed E-state index contributed by atoms with van der Waals surface area (Å²) in [7, 11) is 0. The van der Waals surface area contributed by atoms with Gasteiger partial charge in [0.2, 0.25) is 0 Å². The molecule has 0 N–H and O–H groups in total. The summed E-state index contributed by atoms with van der Waals surface area (Å²) in [5.41, 5.74) is 0.